The number of aromatic nitrogens is 1. The maximum atomic E-state index is 12.2. The van der Waals surface area contributed by atoms with Gasteiger partial charge in [-0.3, -0.25) is 0 Å². The number of halogens is 3. The molecule has 0 fully saturated rings. The van der Waals surface area contributed by atoms with Crippen LogP contribution in [0.2, 0.25) is 0 Å². The van der Waals surface area contributed by atoms with Gasteiger partial charge in [0.15, 0.2) is 12.6 Å². The SMILES string of the molecule is CCNC(=NCc1ccnc(OCC(F)(F)F)c1)NCC(C)c1ccsc1. The predicted octanol–water partition coefficient (Wildman–Crippen LogP) is 3.94. The third-order valence-electron chi connectivity index (χ3n) is 3.63. The first-order chi connectivity index (χ1) is 12.9. The monoisotopic (exact) mass is 400 g/mol. The largest absolute Gasteiger partial charge is 0.468 e. The molecule has 0 saturated carbocycles. The van der Waals surface area contributed by atoms with Crippen molar-refractivity contribution in [3.8, 4) is 5.88 Å². The van der Waals surface area contributed by atoms with E-state index >= 15 is 0 Å². The van der Waals surface area contributed by atoms with Gasteiger partial charge in [-0.25, -0.2) is 9.98 Å². The number of rotatable bonds is 8. The number of pyridine rings is 1. The van der Waals surface area contributed by atoms with E-state index in [0.29, 0.717) is 30.5 Å². The van der Waals surface area contributed by atoms with Crippen LogP contribution in [0, 0.1) is 0 Å². The van der Waals surface area contributed by atoms with Gasteiger partial charge in [-0.2, -0.15) is 24.5 Å². The van der Waals surface area contributed by atoms with Crippen LogP contribution >= 0.6 is 11.3 Å². The van der Waals surface area contributed by atoms with Crippen LogP contribution in [0.3, 0.4) is 0 Å². The van der Waals surface area contributed by atoms with E-state index in [-0.39, 0.29) is 5.88 Å². The molecule has 0 aliphatic rings. The van der Waals surface area contributed by atoms with Crippen LogP contribution in [-0.4, -0.2) is 36.8 Å². The van der Waals surface area contributed by atoms with Crippen LogP contribution in [0.4, 0.5) is 13.2 Å². The number of aliphatic imine (C=N–C) groups is 1. The van der Waals surface area contributed by atoms with Crippen LogP contribution in [0.1, 0.15) is 30.9 Å². The zero-order chi connectivity index (χ0) is 19.7. The quantitative estimate of drug-likeness (QED) is 0.521. The molecule has 1 unspecified atom stereocenters. The molecule has 0 amide bonds. The minimum atomic E-state index is -4.39. The molecule has 5 nitrogen and oxygen atoms in total. The molecule has 0 aromatic carbocycles. The fourth-order valence-corrected chi connectivity index (χ4v) is 3.00. The Morgan fingerprint density at radius 1 is 1.33 bits per heavy atom. The van der Waals surface area contributed by atoms with Crippen molar-refractivity contribution in [3.05, 3.63) is 46.3 Å². The number of hydrogen-bond donors (Lipinski definition) is 2. The molecular weight excluding hydrogens is 377 g/mol. The van der Waals surface area contributed by atoms with Crippen LogP contribution in [0.15, 0.2) is 40.1 Å². The van der Waals surface area contributed by atoms with Crippen molar-refractivity contribution >= 4 is 17.3 Å². The van der Waals surface area contributed by atoms with E-state index in [0.717, 1.165) is 6.54 Å². The van der Waals surface area contributed by atoms with Gasteiger partial charge < -0.3 is 15.4 Å². The highest BCUT2D eigenvalue weighted by atomic mass is 32.1. The Balaban J connectivity index is 1.93. The van der Waals surface area contributed by atoms with E-state index in [9.17, 15) is 13.2 Å². The predicted molar refractivity (Wildman–Crippen MR) is 101 cm³/mol. The Morgan fingerprint density at radius 2 is 2.15 bits per heavy atom. The summed E-state index contributed by atoms with van der Waals surface area (Å²) in [6.45, 7) is 4.46. The Hall–Kier alpha value is -2.29. The molecule has 27 heavy (non-hydrogen) atoms. The molecule has 2 aromatic heterocycles. The van der Waals surface area contributed by atoms with E-state index in [2.05, 4.69) is 43.7 Å². The molecule has 0 aliphatic heterocycles. The lowest BCUT2D eigenvalue weighted by atomic mass is 10.1. The molecule has 1 atom stereocenters. The lowest BCUT2D eigenvalue weighted by Gasteiger charge is -2.15. The standard InChI is InChI=1S/C18H23F3N4OS/c1-3-22-17(24-9-13(2)15-5-7-27-11-15)25-10-14-4-6-23-16(8-14)26-12-18(19,20)21/h4-8,11,13H,3,9-10,12H2,1-2H3,(H2,22,24,25). The molecule has 0 radical (unpaired) electrons. The van der Waals surface area contributed by atoms with Gasteiger partial charge in [0.05, 0.1) is 6.54 Å². The third-order valence-corrected chi connectivity index (χ3v) is 4.34. The summed E-state index contributed by atoms with van der Waals surface area (Å²) in [4.78, 5) is 8.27. The van der Waals surface area contributed by atoms with Crippen molar-refractivity contribution in [1.82, 2.24) is 15.6 Å². The highest BCUT2D eigenvalue weighted by molar-refractivity contribution is 7.07. The van der Waals surface area contributed by atoms with Crippen molar-refractivity contribution in [2.45, 2.75) is 32.5 Å². The van der Waals surface area contributed by atoms with Gasteiger partial charge in [-0.05, 0) is 46.9 Å². The number of alkyl halides is 3. The summed E-state index contributed by atoms with van der Waals surface area (Å²) in [7, 11) is 0. The van der Waals surface area contributed by atoms with Crippen LogP contribution in [-0.2, 0) is 6.54 Å². The lowest BCUT2D eigenvalue weighted by molar-refractivity contribution is -0.154. The van der Waals surface area contributed by atoms with Crippen molar-refractivity contribution in [2.75, 3.05) is 19.7 Å². The van der Waals surface area contributed by atoms with Gasteiger partial charge in [0.1, 0.15) is 0 Å². The molecule has 0 spiro atoms. The number of nitrogens with one attached hydrogen (secondary N) is 2. The summed E-state index contributed by atoms with van der Waals surface area (Å²) >= 11 is 1.66. The number of guanidine groups is 1. The Morgan fingerprint density at radius 3 is 2.81 bits per heavy atom. The van der Waals surface area contributed by atoms with Gasteiger partial charge in [0, 0.05) is 25.4 Å². The first-order valence-electron chi connectivity index (χ1n) is 8.56. The fraction of sp³-hybridized carbons (Fsp3) is 0.444. The third kappa shape index (κ3) is 7.86. The smallest absolute Gasteiger partial charge is 0.422 e. The minimum Gasteiger partial charge on any atom is -0.468 e. The second-order valence-corrected chi connectivity index (χ2v) is 6.72. The summed E-state index contributed by atoms with van der Waals surface area (Å²) in [5.74, 6) is 0.918. The average Bonchev–Trinajstić information content (AvgIpc) is 3.17. The average molecular weight is 400 g/mol. The highest BCUT2D eigenvalue weighted by Gasteiger charge is 2.28. The normalized spacial score (nSPS) is 13.3. The van der Waals surface area contributed by atoms with Gasteiger partial charge in [0.2, 0.25) is 5.88 Å². The summed E-state index contributed by atoms with van der Waals surface area (Å²) < 4.78 is 41.4. The fourth-order valence-electron chi connectivity index (χ4n) is 2.22. The van der Waals surface area contributed by atoms with Crippen LogP contribution < -0.4 is 15.4 Å². The van der Waals surface area contributed by atoms with Crippen LogP contribution in [0.25, 0.3) is 0 Å². The van der Waals surface area contributed by atoms with Gasteiger partial charge in [-0.15, -0.1) is 0 Å². The summed E-state index contributed by atoms with van der Waals surface area (Å²) in [6.07, 6.45) is -2.98. The number of ether oxygens (including phenoxy) is 1. The summed E-state index contributed by atoms with van der Waals surface area (Å²) in [5.41, 5.74) is 1.98. The van der Waals surface area contributed by atoms with E-state index in [4.69, 9.17) is 0 Å². The second-order valence-electron chi connectivity index (χ2n) is 5.94. The van der Waals surface area contributed by atoms with Crippen molar-refractivity contribution in [3.63, 3.8) is 0 Å². The first-order valence-corrected chi connectivity index (χ1v) is 9.50. The van der Waals surface area contributed by atoms with Gasteiger partial charge in [0.25, 0.3) is 0 Å². The van der Waals surface area contributed by atoms with Crippen molar-refractivity contribution in [1.29, 1.82) is 0 Å². The topological polar surface area (TPSA) is 58.5 Å². The number of hydrogen-bond acceptors (Lipinski definition) is 4. The highest BCUT2D eigenvalue weighted by Crippen LogP contribution is 2.18. The molecule has 2 N–H and O–H groups in total. The zero-order valence-electron chi connectivity index (χ0n) is 15.2. The summed E-state index contributed by atoms with van der Waals surface area (Å²) in [5, 5.41) is 10.6. The molecule has 2 aromatic rings. The minimum absolute atomic E-state index is 0.0657. The molecule has 148 valence electrons. The molecular formula is C18H23F3N4OS. The summed E-state index contributed by atoms with van der Waals surface area (Å²) in [6, 6.07) is 5.26. The lowest BCUT2D eigenvalue weighted by Crippen LogP contribution is -2.39. The molecule has 2 heterocycles. The number of thiophene rings is 1. The van der Waals surface area contributed by atoms with Crippen molar-refractivity contribution in [2.24, 2.45) is 4.99 Å². The number of nitrogens with zero attached hydrogens (tertiary/aromatic N) is 2. The van der Waals surface area contributed by atoms with E-state index in [1.165, 1.54) is 17.8 Å². The maximum Gasteiger partial charge on any atom is 0.422 e. The Bertz CT molecular complexity index is 720. The maximum absolute atomic E-state index is 12.2. The van der Waals surface area contributed by atoms with Gasteiger partial charge in [-0.1, -0.05) is 6.92 Å². The van der Waals surface area contributed by atoms with E-state index in [1.54, 1.807) is 17.4 Å². The van der Waals surface area contributed by atoms with Crippen LogP contribution in [0.5, 0.6) is 5.88 Å². The molecule has 0 aliphatic carbocycles. The molecule has 9 heteroatoms. The van der Waals surface area contributed by atoms with E-state index < -0.39 is 12.8 Å². The molecule has 0 bridgehead atoms. The van der Waals surface area contributed by atoms with Crippen molar-refractivity contribution < 1.29 is 17.9 Å². The molecule has 0 saturated heterocycles. The second kappa shape index (κ2) is 10.1. The Kier molecular flexibility index (Phi) is 7.90. The first kappa shape index (κ1) is 21.0. The van der Waals surface area contributed by atoms with E-state index in [1.807, 2.05) is 12.3 Å². The zero-order valence-corrected chi connectivity index (χ0v) is 16.0. The van der Waals surface area contributed by atoms with Gasteiger partial charge >= 0.3 is 6.18 Å². The molecule has 2 rings (SSSR count). The Labute approximate surface area is 160 Å².